The fourth-order valence-electron chi connectivity index (χ4n) is 3.51. The van der Waals surface area contributed by atoms with Gasteiger partial charge in [0.1, 0.15) is 17.4 Å². The highest BCUT2D eigenvalue weighted by molar-refractivity contribution is 5.88. The molecule has 4 heteroatoms. The van der Waals surface area contributed by atoms with E-state index in [2.05, 4.69) is 24.3 Å². The third-order valence-electron chi connectivity index (χ3n) is 5.20. The van der Waals surface area contributed by atoms with Gasteiger partial charge in [0.05, 0.1) is 12.0 Å². The molecule has 0 aliphatic heterocycles. The third-order valence-corrected chi connectivity index (χ3v) is 5.20. The van der Waals surface area contributed by atoms with Gasteiger partial charge in [0.2, 0.25) is 5.76 Å². The van der Waals surface area contributed by atoms with Crippen molar-refractivity contribution in [1.82, 2.24) is 0 Å². The number of rotatable bonds is 8. The van der Waals surface area contributed by atoms with Crippen LogP contribution in [0.2, 0.25) is 0 Å². The molecule has 0 saturated heterocycles. The van der Waals surface area contributed by atoms with Crippen LogP contribution in [-0.2, 0) is 6.42 Å². The molecule has 4 aromatic rings. The topological polar surface area (TPSA) is 63.2 Å². The van der Waals surface area contributed by atoms with Gasteiger partial charge >= 0.3 is 0 Å². The Morgan fingerprint density at radius 3 is 2.50 bits per heavy atom. The number of hydrogen-bond acceptors (Lipinski definition) is 4. The number of para-hydroxylation sites is 1. The van der Waals surface area contributed by atoms with Crippen LogP contribution < -0.4 is 10.2 Å². The van der Waals surface area contributed by atoms with E-state index in [1.807, 2.05) is 54.6 Å². The Morgan fingerprint density at radius 2 is 1.72 bits per heavy atom. The smallest absolute Gasteiger partial charge is 0.208 e. The summed E-state index contributed by atoms with van der Waals surface area (Å²) in [7, 11) is 0. The van der Waals surface area contributed by atoms with Crippen LogP contribution in [0.25, 0.3) is 23.1 Å². The lowest BCUT2D eigenvalue weighted by Crippen LogP contribution is -2.01. The molecule has 32 heavy (non-hydrogen) atoms. The first kappa shape index (κ1) is 21.1. The highest BCUT2D eigenvalue weighted by Gasteiger charge is 2.07. The van der Waals surface area contributed by atoms with Crippen LogP contribution in [0.4, 0.5) is 0 Å². The maximum atomic E-state index is 12.2. The van der Waals surface area contributed by atoms with Crippen LogP contribution in [-0.4, -0.2) is 6.61 Å². The molecule has 0 saturated carbocycles. The molecule has 0 aliphatic rings. The number of hydrogen-bond donors (Lipinski definition) is 0. The molecule has 4 nitrogen and oxygen atoms in total. The Morgan fingerprint density at radius 1 is 0.906 bits per heavy atom. The van der Waals surface area contributed by atoms with E-state index in [9.17, 15) is 4.79 Å². The normalized spacial score (nSPS) is 11.0. The first-order chi connectivity index (χ1) is 15.7. The summed E-state index contributed by atoms with van der Waals surface area (Å²) in [5.41, 5.74) is 3.30. The van der Waals surface area contributed by atoms with Crippen molar-refractivity contribution < 1.29 is 9.15 Å². The number of unbranched alkanes of at least 4 members (excludes halogenated alkanes) is 1. The van der Waals surface area contributed by atoms with Crippen molar-refractivity contribution in [3.63, 3.8) is 0 Å². The molecular weight excluding hydrogens is 398 g/mol. The Kier molecular flexibility index (Phi) is 6.79. The maximum absolute atomic E-state index is 12.2. The highest BCUT2D eigenvalue weighted by atomic mass is 16.5. The Hall–Kier alpha value is -4.10. The molecule has 0 atom stereocenters. The molecule has 1 heterocycles. The van der Waals surface area contributed by atoms with Gasteiger partial charge in [0.15, 0.2) is 5.43 Å². The molecule has 0 spiro atoms. The van der Waals surface area contributed by atoms with Gasteiger partial charge in [0, 0.05) is 11.6 Å². The monoisotopic (exact) mass is 421 g/mol. The van der Waals surface area contributed by atoms with Gasteiger partial charge in [-0.1, -0.05) is 66.7 Å². The quantitative estimate of drug-likeness (QED) is 0.250. The number of aryl methyl sites for hydroxylation is 1. The van der Waals surface area contributed by atoms with Gasteiger partial charge in [-0.3, -0.25) is 4.79 Å². The minimum Gasteiger partial charge on any atom is -0.494 e. The maximum Gasteiger partial charge on any atom is 0.208 e. The number of benzene rings is 3. The summed E-state index contributed by atoms with van der Waals surface area (Å²) in [4.78, 5) is 12.2. The van der Waals surface area contributed by atoms with Crippen LogP contribution >= 0.6 is 0 Å². The van der Waals surface area contributed by atoms with E-state index in [1.165, 1.54) is 11.6 Å². The van der Waals surface area contributed by atoms with E-state index in [-0.39, 0.29) is 11.2 Å². The zero-order valence-electron chi connectivity index (χ0n) is 17.7. The summed E-state index contributed by atoms with van der Waals surface area (Å²) in [5.74, 6) is 0.852. The van der Waals surface area contributed by atoms with Crippen molar-refractivity contribution in [1.29, 1.82) is 5.26 Å². The van der Waals surface area contributed by atoms with Crippen LogP contribution in [0.15, 0.2) is 88.1 Å². The molecule has 0 fully saturated rings. The van der Waals surface area contributed by atoms with Crippen molar-refractivity contribution in [2.75, 3.05) is 6.61 Å². The second-order valence-electron chi connectivity index (χ2n) is 7.50. The Bertz CT molecular complexity index is 1310. The van der Waals surface area contributed by atoms with E-state index in [1.54, 1.807) is 12.1 Å². The zero-order valence-corrected chi connectivity index (χ0v) is 17.7. The molecular formula is C28H23NO3. The van der Waals surface area contributed by atoms with Gasteiger partial charge < -0.3 is 9.15 Å². The van der Waals surface area contributed by atoms with Crippen molar-refractivity contribution in [3.05, 3.63) is 112 Å². The van der Waals surface area contributed by atoms with E-state index in [0.717, 1.165) is 36.1 Å². The molecule has 3 aromatic carbocycles. The predicted molar refractivity (Wildman–Crippen MR) is 127 cm³/mol. The second kappa shape index (κ2) is 10.3. The third kappa shape index (κ3) is 5.33. The zero-order chi connectivity index (χ0) is 22.2. The van der Waals surface area contributed by atoms with Crippen molar-refractivity contribution in [2.24, 2.45) is 0 Å². The Labute approximate surface area is 187 Å². The molecule has 0 radical (unpaired) electrons. The summed E-state index contributed by atoms with van der Waals surface area (Å²) in [6.07, 6.45) is 6.99. The molecule has 158 valence electrons. The molecule has 0 unspecified atom stereocenters. The second-order valence-corrected chi connectivity index (χ2v) is 7.50. The fraction of sp³-hybridized carbons (Fsp3) is 0.143. The lowest BCUT2D eigenvalue weighted by molar-refractivity contribution is 0.307. The van der Waals surface area contributed by atoms with Crippen molar-refractivity contribution in [3.8, 4) is 11.8 Å². The van der Waals surface area contributed by atoms with Crippen LogP contribution in [0, 0.1) is 11.3 Å². The molecule has 0 N–H and O–H groups in total. The van der Waals surface area contributed by atoms with Crippen molar-refractivity contribution >= 4 is 23.1 Å². The summed E-state index contributed by atoms with van der Waals surface area (Å²) < 4.78 is 11.4. The molecule has 0 bridgehead atoms. The molecule has 0 aliphatic carbocycles. The van der Waals surface area contributed by atoms with Crippen molar-refractivity contribution in [2.45, 2.75) is 19.3 Å². The van der Waals surface area contributed by atoms with E-state index >= 15 is 0 Å². The Balaban J connectivity index is 1.35. The first-order valence-corrected chi connectivity index (χ1v) is 10.6. The van der Waals surface area contributed by atoms with Gasteiger partial charge in [-0.15, -0.1) is 0 Å². The van der Waals surface area contributed by atoms with Crippen LogP contribution in [0.1, 0.15) is 35.3 Å². The van der Waals surface area contributed by atoms with Crippen LogP contribution in [0.3, 0.4) is 0 Å². The van der Waals surface area contributed by atoms with E-state index < -0.39 is 0 Å². The number of nitriles is 1. The fourth-order valence-corrected chi connectivity index (χ4v) is 3.51. The lowest BCUT2D eigenvalue weighted by atomic mass is 10.1. The van der Waals surface area contributed by atoms with Gasteiger partial charge in [-0.25, -0.2) is 0 Å². The van der Waals surface area contributed by atoms with E-state index in [4.69, 9.17) is 14.4 Å². The van der Waals surface area contributed by atoms with Gasteiger partial charge in [0.25, 0.3) is 0 Å². The first-order valence-electron chi connectivity index (χ1n) is 10.6. The summed E-state index contributed by atoms with van der Waals surface area (Å²) in [6.45, 7) is 0.693. The summed E-state index contributed by atoms with van der Waals surface area (Å²) >= 11 is 0. The lowest BCUT2D eigenvalue weighted by Gasteiger charge is -2.07. The number of fused-ring (bicyclic) bond motifs is 1. The number of nitrogens with zero attached hydrogens (tertiary/aromatic N) is 1. The molecule has 4 rings (SSSR count). The number of ether oxygens (including phenoxy) is 1. The van der Waals surface area contributed by atoms with Gasteiger partial charge in [-0.2, -0.15) is 5.26 Å². The SMILES string of the molecule is N#Cc1cc(=O)c2cccc(/C=C/c3ccc(OCCCCc4ccccc4)cc3)c2o1. The standard InChI is InChI=1S/C28H23NO3/c29-20-25-19-27(30)26-11-6-10-23(28(26)32-25)15-12-22-13-16-24(17-14-22)31-18-5-4-9-21-7-2-1-3-8-21/h1-3,6-8,10-17,19H,4-5,9,18H2/b15-12+. The predicted octanol–water partition coefficient (Wildman–Crippen LogP) is 6.24. The summed E-state index contributed by atoms with van der Waals surface area (Å²) in [6, 6.07) is 26.8. The minimum atomic E-state index is -0.219. The largest absolute Gasteiger partial charge is 0.494 e. The molecule has 0 amide bonds. The minimum absolute atomic E-state index is 0.00798. The van der Waals surface area contributed by atoms with E-state index in [0.29, 0.717) is 17.6 Å². The van der Waals surface area contributed by atoms with Gasteiger partial charge in [-0.05, 0) is 48.6 Å². The average Bonchev–Trinajstić information content (AvgIpc) is 2.84. The van der Waals surface area contributed by atoms with Crippen LogP contribution in [0.5, 0.6) is 5.75 Å². The molecule has 1 aromatic heterocycles. The average molecular weight is 421 g/mol. The summed E-state index contributed by atoms with van der Waals surface area (Å²) in [5, 5.41) is 9.54. The highest BCUT2D eigenvalue weighted by Crippen LogP contribution is 2.21.